The maximum atomic E-state index is 14.0. The molecule has 0 radical (unpaired) electrons. The van der Waals surface area contributed by atoms with Crippen molar-refractivity contribution < 1.29 is 28.9 Å². The number of hydrogen-bond donors (Lipinski definition) is 2. The number of carboxylic acids is 1. The van der Waals surface area contributed by atoms with E-state index in [9.17, 15) is 14.7 Å². The second kappa shape index (κ2) is 13.9. The summed E-state index contributed by atoms with van der Waals surface area (Å²) in [6.45, 7) is 3.60. The number of nitrogens with two attached hydrogens (primary N) is 1. The van der Waals surface area contributed by atoms with Gasteiger partial charge in [0.1, 0.15) is 0 Å². The number of carbonyl (C=O) groups is 2. The predicted octanol–water partition coefficient (Wildman–Crippen LogP) is 4.21. The number of rotatable bonds is 13. The van der Waals surface area contributed by atoms with Gasteiger partial charge in [-0.25, -0.2) is 0 Å². The Morgan fingerprint density at radius 3 is 2.74 bits per heavy atom. The van der Waals surface area contributed by atoms with E-state index in [4.69, 9.17) is 19.9 Å². The number of amides is 1. The van der Waals surface area contributed by atoms with E-state index in [2.05, 4.69) is 11.9 Å². The third-order valence-corrected chi connectivity index (χ3v) is 8.40. The van der Waals surface area contributed by atoms with Crippen LogP contribution in [0.15, 0.2) is 60.8 Å². The molecule has 5 rings (SSSR count). The molecule has 3 atom stereocenters. The van der Waals surface area contributed by atoms with Crippen LogP contribution in [0, 0.1) is 5.92 Å². The Morgan fingerprint density at radius 1 is 1.16 bits per heavy atom. The van der Waals surface area contributed by atoms with Crippen molar-refractivity contribution in [3.8, 4) is 17.2 Å². The smallest absolute Gasteiger partial charge is 0.308 e. The molecule has 1 fully saturated rings. The Morgan fingerprint density at radius 2 is 2.02 bits per heavy atom. The Kier molecular flexibility index (Phi) is 9.79. The van der Waals surface area contributed by atoms with Crippen LogP contribution in [0.5, 0.6) is 17.2 Å². The molecule has 0 bridgehead atoms. The average molecular weight is 589 g/mol. The van der Waals surface area contributed by atoms with Crippen molar-refractivity contribution in [3.63, 3.8) is 0 Å². The highest BCUT2D eigenvalue weighted by Gasteiger charge is 2.47. The number of anilines is 1. The topological polar surface area (TPSA) is 127 Å². The Bertz CT molecular complexity index is 1420. The highest BCUT2D eigenvalue weighted by atomic mass is 16.7. The fraction of sp³-hybridized carbons (Fsp3) is 0.424. The molecule has 0 saturated carbocycles. The number of ether oxygens (including phenoxy) is 3. The van der Waals surface area contributed by atoms with Crippen LogP contribution in [-0.2, 0) is 22.6 Å². The Labute approximate surface area is 252 Å². The third kappa shape index (κ3) is 6.76. The van der Waals surface area contributed by atoms with Crippen LogP contribution in [0.2, 0.25) is 0 Å². The van der Waals surface area contributed by atoms with Crippen LogP contribution in [0.4, 0.5) is 5.69 Å². The number of carbonyl (C=O) groups excluding carboxylic acids is 1. The van der Waals surface area contributed by atoms with Gasteiger partial charge in [-0.2, -0.15) is 0 Å². The molecule has 0 spiro atoms. The Hall–Kier alpha value is -4.15. The fourth-order valence-corrected chi connectivity index (χ4v) is 6.22. The van der Waals surface area contributed by atoms with Gasteiger partial charge in [-0.05, 0) is 66.8 Å². The molecule has 2 aliphatic rings. The van der Waals surface area contributed by atoms with Gasteiger partial charge in [-0.15, -0.1) is 0 Å². The van der Waals surface area contributed by atoms with Gasteiger partial charge < -0.3 is 30.0 Å². The minimum atomic E-state index is -0.902. The fourth-order valence-electron chi connectivity index (χ4n) is 6.22. The summed E-state index contributed by atoms with van der Waals surface area (Å²) < 4.78 is 16.8. The maximum Gasteiger partial charge on any atom is 0.308 e. The van der Waals surface area contributed by atoms with Crippen LogP contribution in [-0.4, -0.2) is 66.4 Å². The molecule has 1 amide bonds. The molecule has 2 aromatic carbocycles. The third-order valence-electron chi connectivity index (χ3n) is 8.40. The number of benzene rings is 2. The van der Waals surface area contributed by atoms with E-state index >= 15 is 0 Å². The lowest BCUT2D eigenvalue weighted by Crippen LogP contribution is -2.44. The summed E-state index contributed by atoms with van der Waals surface area (Å²) >= 11 is 0. The van der Waals surface area contributed by atoms with Crippen LogP contribution in [0.1, 0.15) is 48.9 Å². The van der Waals surface area contributed by atoms with Crippen molar-refractivity contribution in [2.75, 3.05) is 38.4 Å². The summed E-state index contributed by atoms with van der Waals surface area (Å²) in [6, 6.07) is 16.8. The molecule has 43 heavy (non-hydrogen) atoms. The minimum absolute atomic E-state index is 0.0708. The lowest BCUT2D eigenvalue weighted by atomic mass is 9.83. The quantitative estimate of drug-likeness (QED) is 0.302. The number of likely N-dealkylation sites (tertiary alicyclic amines) is 1. The zero-order chi connectivity index (χ0) is 30.3. The number of carboxylic acid groups (broad SMARTS) is 1. The minimum Gasteiger partial charge on any atom is -0.493 e. The van der Waals surface area contributed by atoms with Gasteiger partial charge >= 0.3 is 5.97 Å². The molecule has 1 aromatic heterocycles. The highest BCUT2D eigenvalue weighted by Crippen LogP contribution is 2.47. The van der Waals surface area contributed by atoms with Gasteiger partial charge in [0.2, 0.25) is 18.4 Å². The van der Waals surface area contributed by atoms with E-state index < -0.39 is 23.8 Å². The first-order chi connectivity index (χ1) is 20.9. The molecule has 2 aliphatic heterocycles. The molecular formula is C33H40N4O6. The number of hydrogen-bond acceptors (Lipinski definition) is 8. The molecule has 3 N–H and O–H groups in total. The largest absolute Gasteiger partial charge is 0.493 e. The number of aromatic nitrogens is 1. The standard InChI is InChI=1S/C33H40N4O6/c1-3-4-14-37(25-10-7-8-22(15-25)18-34)30(38)20-36-19-26(23-16-28(41-2)32-29(17-23)42-21-43-32)31(33(39)40)27(36)12-11-24-9-5-6-13-35-24/h5-10,13,15-17,26-27,31H,3-4,11-12,14,18-21,34H2,1-2H3,(H,39,40). The normalized spacial score (nSPS) is 19.4. The van der Waals surface area contributed by atoms with Crippen molar-refractivity contribution in [1.29, 1.82) is 0 Å². The van der Waals surface area contributed by atoms with E-state index in [1.165, 1.54) is 0 Å². The summed E-state index contributed by atoms with van der Waals surface area (Å²) in [5.74, 6) is -0.582. The summed E-state index contributed by atoms with van der Waals surface area (Å²) in [4.78, 5) is 35.3. The van der Waals surface area contributed by atoms with E-state index in [1.54, 1.807) is 13.3 Å². The summed E-state index contributed by atoms with van der Waals surface area (Å²) in [5.41, 5.74) is 9.31. The number of unbranched alkanes of at least 4 members (excludes halogenated alkanes) is 1. The van der Waals surface area contributed by atoms with E-state index in [-0.39, 0.29) is 19.2 Å². The molecule has 3 unspecified atom stereocenters. The second-order valence-corrected chi connectivity index (χ2v) is 11.1. The summed E-state index contributed by atoms with van der Waals surface area (Å²) in [6.07, 6.45) is 4.65. The molecule has 10 nitrogen and oxygen atoms in total. The van der Waals surface area contributed by atoms with Crippen molar-refractivity contribution in [2.45, 2.75) is 51.1 Å². The monoisotopic (exact) mass is 588 g/mol. The summed E-state index contributed by atoms with van der Waals surface area (Å²) in [5, 5.41) is 10.6. The molecule has 3 heterocycles. The number of methoxy groups -OCH3 is 1. The lowest BCUT2D eigenvalue weighted by Gasteiger charge is -2.30. The molecule has 1 saturated heterocycles. The van der Waals surface area contributed by atoms with E-state index in [0.717, 1.165) is 35.3 Å². The lowest BCUT2D eigenvalue weighted by molar-refractivity contribution is -0.143. The average Bonchev–Trinajstić information content (AvgIpc) is 3.65. The highest BCUT2D eigenvalue weighted by molar-refractivity contribution is 5.95. The number of aryl methyl sites for hydroxylation is 1. The Balaban J connectivity index is 1.47. The van der Waals surface area contributed by atoms with Gasteiger partial charge in [0.25, 0.3) is 0 Å². The summed E-state index contributed by atoms with van der Waals surface area (Å²) in [7, 11) is 1.55. The SMILES string of the molecule is CCCCN(C(=O)CN1CC(c2cc(OC)c3c(c2)OCO3)C(C(=O)O)C1CCc1ccccn1)c1cccc(CN)c1. The first kappa shape index (κ1) is 30.3. The first-order valence-electron chi connectivity index (χ1n) is 14.9. The van der Waals surface area contributed by atoms with Gasteiger partial charge in [-0.1, -0.05) is 31.5 Å². The van der Waals surface area contributed by atoms with Gasteiger partial charge in [0.15, 0.2) is 11.5 Å². The van der Waals surface area contributed by atoms with Crippen molar-refractivity contribution in [2.24, 2.45) is 11.7 Å². The zero-order valence-corrected chi connectivity index (χ0v) is 24.8. The number of aliphatic carboxylic acids is 1. The van der Waals surface area contributed by atoms with E-state index in [0.29, 0.717) is 49.7 Å². The number of pyridine rings is 1. The van der Waals surface area contributed by atoms with Crippen molar-refractivity contribution >= 4 is 17.6 Å². The molecule has 10 heteroatoms. The van der Waals surface area contributed by atoms with Gasteiger partial charge in [0, 0.05) is 49.2 Å². The van der Waals surface area contributed by atoms with Crippen LogP contribution >= 0.6 is 0 Å². The second-order valence-electron chi connectivity index (χ2n) is 11.1. The maximum absolute atomic E-state index is 14.0. The number of fused-ring (bicyclic) bond motifs is 1. The van der Waals surface area contributed by atoms with Gasteiger partial charge in [-0.3, -0.25) is 19.5 Å². The molecule has 0 aliphatic carbocycles. The zero-order valence-electron chi connectivity index (χ0n) is 24.8. The molecular weight excluding hydrogens is 548 g/mol. The van der Waals surface area contributed by atoms with Crippen LogP contribution in [0.25, 0.3) is 0 Å². The number of nitrogens with zero attached hydrogens (tertiary/aromatic N) is 3. The van der Waals surface area contributed by atoms with Crippen molar-refractivity contribution in [3.05, 3.63) is 77.6 Å². The molecule has 228 valence electrons. The molecule has 3 aromatic rings. The van der Waals surface area contributed by atoms with Gasteiger partial charge in [0.05, 0.1) is 19.6 Å². The van der Waals surface area contributed by atoms with E-state index in [1.807, 2.05) is 64.4 Å². The van der Waals surface area contributed by atoms with Crippen molar-refractivity contribution in [1.82, 2.24) is 9.88 Å². The predicted molar refractivity (Wildman–Crippen MR) is 162 cm³/mol. The van der Waals surface area contributed by atoms with Crippen LogP contribution < -0.4 is 24.8 Å². The van der Waals surface area contributed by atoms with Crippen LogP contribution in [0.3, 0.4) is 0 Å². The first-order valence-corrected chi connectivity index (χ1v) is 14.9.